The summed E-state index contributed by atoms with van der Waals surface area (Å²) in [6.07, 6.45) is 4.48. The molecule has 0 saturated heterocycles. The number of carboxylic acids is 1. The summed E-state index contributed by atoms with van der Waals surface area (Å²) < 4.78 is 0. The first kappa shape index (κ1) is 17.0. The van der Waals surface area contributed by atoms with Crippen LogP contribution in [0.4, 0.5) is 0 Å². The molecule has 0 heterocycles. The van der Waals surface area contributed by atoms with Gasteiger partial charge in [0.2, 0.25) is 0 Å². The van der Waals surface area contributed by atoms with E-state index >= 15 is 0 Å². The average molecular weight is 304 g/mol. The zero-order valence-corrected chi connectivity index (χ0v) is 14.1. The predicted molar refractivity (Wildman–Crippen MR) is 88.3 cm³/mol. The molecule has 0 amide bonds. The monoisotopic (exact) mass is 304 g/mol. The van der Waals surface area contributed by atoms with Crippen molar-refractivity contribution in [1.29, 1.82) is 0 Å². The van der Waals surface area contributed by atoms with Crippen molar-refractivity contribution < 1.29 is 15.0 Å². The van der Waals surface area contributed by atoms with Crippen LogP contribution >= 0.6 is 0 Å². The molecule has 2 rings (SSSR count). The second kappa shape index (κ2) is 5.38. The van der Waals surface area contributed by atoms with E-state index in [4.69, 9.17) is 0 Å². The van der Waals surface area contributed by atoms with Gasteiger partial charge in [-0.05, 0) is 38.0 Å². The summed E-state index contributed by atoms with van der Waals surface area (Å²) in [6, 6.07) is 0. The summed E-state index contributed by atoms with van der Waals surface area (Å²) in [4.78, 5) is 12.2. The summed E-state index contributed by atoms with van der Waals surface area (Å²) >= 11 is 0. The Balaban J connectivity index is 2.43. The zero-order valence-electron chi connectivity index (χ0n) is 14.1. The number of carboxylic acid groups (broad SMARTS) is 1. The van der Waals surface area contributed by atoms with Gasteiger partial charge in [-0.1, -0.05) is 43.7 Å². The lowest BCUT2D eigenvalue weighted by Crippen LogP contribution is -2.30. The van der Waals surface area contributed by atoms with Crippen LogP contribution in [0.25, 0.3) is 0 Å². The van der Waals surface area contributed by atoms with Crippen molar-refractivity contribution in [3.8, 4) is 0 Å². The van der Waals surface area contributed by atoms with Gasteiger partial charge in [-0.2, -0.15) is 0 Å². The molecule has 22 heavy (non-hydrogen) atoms. The van der Waals surface area contributed by atoms with Gasteiger partial charge < -0.3 is 10.2 Å². The van der Waals surface area contributed by atoms with Crippen LogP contribution in [0.1, 0.15) is 40.5 Å². The lowest BCUT2D eigenvalue weighted by Gasteiger charge is -2.25. The second-order valence-electron chi connectivity index (χ2n) is 7.68. The third-order valence-electron chi connectivity index (χ3n) is 5.94. The van der Waals surface area contributed by atoms with Crippen LogP contribution in [0.3, 0.4) is 0 Å². The van der Waals surface area contributed by atoms with Crippen LogP contribution < -0.4 is 0 Å². The van der Waals surface area contributed by atoms with Crippen molar-refractivity contribution in [3.63, 3.8) is 0 Å². The van der Waals surface area contributed by atoms with E-state index in [1.165, 1.54) is 0 Å². The van der Waals surface area contributed by atoms with Crippen molar-refractivity contribution in [2.24, 2.45) is 28.6 Å². The minimum atomic E-state index is -0.849. The van der Waals surface area contributed by atoms with Crippen LogP contribution in [0, 0.1) is 28.6 Å². The molecule has 0 spiro atoms. The van der Waals surface area contributed by atoms with Crippen molar-refractivity contribution in [1.82, 2.24) is 0 Å². The minimum absolute atomic E-state index is 0.0149. The van der Waals surface area contributed by atoms with Crippen molar-refractivity contribution in [2.45, 2.75) is 46.6 Å². The summed E-state index contributed by atoms with van der Waals surface area (Å²) in [7, 11) is 0. The van der Waals surface area contributed by atoms with Gasteiger partial charge in [0, 0.05) is 11.8 Å². The van der Waals surface area contributed by atoms with Gasteiger partial charge in [-0.15, -0.1) is 6.58 Å². The first-order valence-electron chi connectivity index (χ1n) is 7.98. The fraction of sp³-hybridized carbons (Fsp3) is 0.632. The number of rotatable bonds is 5. The summed E-state index contributed by atoms with van der Waals surface area (Å²) in [5.74, 6) is -1.03. The number of hydrogen-bond acceptors (Lipinski definition) is 2. The van der Waals surface area contributed by atoms with Gasteiger partial charge in [-0.25, -0.2) is 0 Å². The number of aliphatic hydroxyl groups excluding tert-OH is 1. The van der Waals surface area contributed by atoms with Gasteiger partial charge in [0.1, 0.15) is 0 Å². The van der Waals surface area contributed by atoms with Crippen LogP contribution in [0.15, 0.2) is 36.5 Å². The van der Waals surface area contributed by atoms with Gasteiger partial charge in [0.05, 0.1) is 11.5 Å². The lowest BCUT2D eigenvalue weighted by molar-refractivity contribution is -0.147. The van der Waals surface area contributed by atoms with E-state index in [0.717, 1.165) is 11.1 Å². The first-order valence-corrected chi connectivity index (χ1v) is 7.98. The van der Waals surface area contributed by atoms with Crippen molar-refractivity contribution >= 4 is 5.97 Å². The van der Waals surface area contributed by atoms with Gasteiger partial charge in [0.15, 0.2) is 0 Å². The highest BCUT2D eigenvalue weighted by molar-refractivity contribution is 5.83. The molecule has 2 aliphatic rings. The second-order valence-corrected chi connectivity index (χ2v) is 7.68. The van der Waals surface area contributed by atoms with Crippen LogP contribution in [0.5, 0.6) is 0 Å². The molecule has 2 saturated carbocycles. The molecule has 122 valence electrons. The van der Waals surface area contributed by atoms with E-state index < -0.39 is 17.5 Å². The Labute approximate surface area is 133 Å². The molecule has 0 radical (unpaired) electrons. The Morgan fingerprint density at radius 1 is 1.41 bits per heavy atom. The molecule has 0 aromatic rings. The molecule has 2 N–H and O–H groups in total. The Hall–Kier alpha value is -1.35. The van der Waals surface area contributed by atoms with Gasteiger partial charge >= 0.3 is 5.97 Å². The number of aliphatic carboxylic acids is 1. The fourth-order valence-corrected chi connectivity index (χ4v) is 4.76. The highest BCUT2D eigenvalue weighted by Crippen LogP contribution is 2.76. The van der Waals surface area contributed by atoms with E-state index in [-0.39, 0.29) is 23.2 Å². The SMILES string of the molecule is C=CC[C@@H]1C(=C)[C@H]([C@]2(C(=O)O)[C@H](C=C(C)C)C2(C)C)C[C@@H]1O. The normalized spacial score (nSPS) is 39.4. The molecule has 3 heteroatoms. The molecule has 2 fully saturated rings. The number of hydrogen-bond donors (Lipinski definition) is 2. The van der Waals surface area contributed by atoms with E-state index in [0.29, 0.717) is 12.8 Å². The number of allylic oxidation sites excluding steroid dienone is 3. The summed E-state index contributed by atoms with van der Waals surface area (Å²) in [5, 5.41) is 20.4. The van der Waals surface area contributed by atoms with Crippen LogP contribution in [-0.4, -0.2) is 22.3 Å². The van der Waals surface area contributed by atoms with Crippen molar-refractivity contribution in [2.75, 3.05) is 0 Å². The van der Waals surface area contributed by atoms with Gasteiger partial charge in [0.25, 0.3) is 0 Å². The molecule has 0 unspecified atom stereocenters. The molecule has 5 atom stereocenters. The third kappa shape index (κ3) is 2.10. The highest BCUT2D eigenvalue weighted by Gasteiger charge is 2.78. The van der Waals surface area contributed by atoms with E-state index in [1.54, 1.807) is 6.08 Å². The maximum Gasteiger partial charge on any atom is 0.311 e. The smallest absolute Gasteiger partial charge is 0.311 e. The molecule has 0 aromatic heterocycles. The molecule has 3 nitrogen and oxygen atoms in total. The van der Waals surface area contributed by atoms with E-state index in [9.17, 15) is 15.0 Å². The average Bonchev–Trinajstić information content (AvgIpc) is 2.73. The van der Waals surface area contributed by atoms with Crippen LogP contribution in [-0.2, 0) is 4.79 Å². The third-order valence-corrected chi connectivity index (χ3v) is 5.94. The van der Waals surface area contributed by atoms with Crippen molar-refractivity contribution in [3.05, 3.63) is 36.5 Å². The number of aliphatic hydroxyl groups is 1. The molecular weight excluding hydrogens is 276 g/mol. The standard InChI is InChI=1S/C19H28O3/c1-7-8-13-12(4)14(10-15(13)20)19(17(21)22)16(9-11(2)3)18(19,5)6/h7,9,13-16,20H,1,4,8,10H2,2-3,5-6H3,(H,21,22)/t13-,14-,15+,16-,19-/m1/s1. The first-order chi connectivity index (χ1) is 10.1. The number of carbonyl (C=O) groups is 1. The lowest BCUT2D eigenvalue weighted by atomic mass is 9.77. The van der Waals surface area contributed by atoms with Gasteiger partial charge in [-0.3, -0.25) is 4.79 Å². The maximum absolute atomic E-state index is 12.2. The maximum atomic E-state index is 12.2. The quantitative estimate of drug-likeness (QED) is 0.759. The molecular formula is C19H28O3. The predicted octanol–water partition coefficient (Wildman–Crippen LogP) is 3.81. The Bertz CT molecular complexity index is 539. The van der Waals surface area contributed by atoms with E-state index in [1.807, 2.05) is 27.7 Å². The van der Waals surface area contributed by atoms with E-state index in [2.05, 4.69) is 19.2 Å². The molecule has 0 aromatic carbocycles. The highest BCUT2D eigenvalue weighted by atomic mass is 16.4. The molecule has 0 bridgehead atoms. The Morgan fingerprint density at radius 2 is 2.00 bits per heavy atom. The fourth-order valence-electron chi connectivity index (χ4n) is 4.76. The molecule has 2 aliphatic carbocycles. The Morgan fingerprint density at radius 3 is 2.45 bits per heavy atom. The zero-order chi connectivity index (χ0) is 16.9. The minimum Gasteiger partial charge on any atom is -0.481 e. The summed E-state index contributed by atoms with van der Waals surface area (Å²) in [6.45, 7) is 15.9. The van der Waals surface area contributed by atoms with Crippen LogP contribution in [0.2, 0.25) is 0 Å². The summed E-state index contributed by atoms with van der Waals surface area (Å²) in [5.41, 5.74) is 0.839. The Kier molecular flexibility index (Phi) is 4.16. The largest absolute Gasteiger partial charge is 0.481 e. The topological polar surface area (TPSA) is 57.5 Å². The molecule has 0 aliphatic heterocycles.